The Hall–Kier alpha value is -2.05. The van der Waals surface area contributed by atoms with Crippen molar-refractivity contribution in [2.45, 2.75) is 5.22 Å². The van der Waals surface area contributed by atoms with E-state index in [0.717, 1.165) is 0 Å². The number of aromatic nitrogens is 1. The number of anilines is 1. The molecule has 3 aromatic rings. The first kappa shape index (κ1) is 14.9. The smallest absolute Gasteiger partial charge is 0.257 e. The Labute approximate surface area is 134 Å². The minimum Gasteiger partial charge on any atom is -0.431 e. The highest BCUT2D eigenvalue weighted by Gasteiger charge is 2.10. The van der Waals surface area contributed by atoms with Gasteiger partial charge in [-0.2, -0.15) is 0 Å². The number of hydrogen-bond donors (Lipinski definition) is 1. The van der Waals surface area contributed by atoms with Gasteiger partial charge >= 0.3 is 0 Å². The topological polar surface area (TPSA) is 55.1 Å². The SMILES string of the molecule is O=C(CSc1nc2ccc(Cl)cc2o1)Nc1ccc(F)cc1. The molecule has 22 heavy (non-hydrogen) atoms. The van der Waals surface area contributed by atoms with Crippen LogP contribution in [-0.4, -0.2) is 16.6 Å². The summed E-state index contributed by atoms with van der Waals surface area (Å²) in [6.45, 7) is 0. The first-order valence-corrected chi connectivity index (χ1v) is 7.71. The van der Waals surface area contributed by atoms with Gasteiger partial charge in [-0.05, 0) is 36.4 Å². The van der Waals surface area contributed by atoms with E-state index >= 15 is 0 Å². The summed E-state index contributed by atoms with van der Waals surface area (Å²) in [6.07, 6.45) is 0. The number of nitrogens with zero attached hydrogens (tertiary/aromatic N) is 1. The summed E-state index contributed by atoms with van der Waals surface area (Å²) >= 11 is 7.05. The van der Waals surface area contributed by atoms with Crippen LogP contribution in [0.4, 0.5) is 10.1 Å². The monoisotopic (exact) mass is 336 g/mol. The van der Waals surface area contributed by atoms with Crippen molar-refractivity contribution >= 4 is 46.1 Å². The van der Waals surface area contributed by atoms with Crippen LogP contribution in [0.25, 0.3) is 11.1 Å². The number of nitrogens with one attached hydrogen (secondary N) is 1. The van der Waals surface area contributed by atoms with E-state index in [2.05, 4.69) is 10.3 Å². The first-order valence-electron chi connectivity index (χ1n) is 6.34. The lowest BCUT2D eigenvalue weighted by atomic mass is 10.3. The molecule has 112 valence electrons. The molecule has 0 radical (unpaired) electrons. The van der Waals surface area contributed by atoms with Gasteiger partial charge in [0.25, 0.3) is 5.22 Å². The third kappa shape index (κ3) is 3.58. The van der Waals surface area contributed by atoms with Gasteiger partial charge in [-0.1, -0.05) is 23.4 Å². The Balaban J connectivity index is 1.61. The molecule has 2 aromatic carbocycles. The number of fused-ring (bicyclic) bond motifs is 1. The molecule has 7 heteroatoms. The average Bonchev–Trinajstić information content (AvgIpc) is 2.89. The quantitative estimate of drug-likeness (QED) is 0.720. The van der Waals surface area contributed by atoms with Crippen LogP contribution in [0, 0.1) is 5.82 Å². The Morgan fingerprint density at radius 3 is 2.82 bits per heavy atom. The van der Waals surface area contributed by atoms with Crippen LogP contribution in [0.2, 0.25) is 5.02 Å². The van der Waals surface area contributed by atoms with Crippen molar-refractivity contribution in [2.24, 2.45) is 0 Å². The second-order valence-electron chi connectivity index (χ2n) is 4.44. The number of carbonyl (C=O) groups is 1. The zero-order chi connectivity index (χ0) is 15.5. The molecule has 0 saturated carbocycles. The van der Waals surface area contributed by atoms with Crippen molar-refractivity contribution in [1.29, 1.82) is 0 Å². The summed E-state index contributed by atoms with van der Waals surface area (Å²) in [7, 11) is 0. The summed E-state index contributed by atoms with van der Waals surface area (Å²) in [4.78, 5) is 16.1. The molecular formula is C15H10ClFN2O2S. The van der Waals surface area contributed by atoms with Gasteiger partial charge < -0.3 is 9.73 Å². The van der Waals surface area contributed by atoms with E-state index in [0.29, 0.717) is 27.0 Å². The molecule has 0 bridgehead atoms. The summed E-state index contributed by atoms with van der Waals surface area (Å²) in [6, 6.07) is 10.7. The molecule has 0 spiro atoms. The van der Waals surface area contributed by atoms with Gasteiger partial charge in [-0.25, -0.2) is 9.37 Å². The molecule has 1 N–H and O–H groups in total. The number of benzene rings is 2. The van der Waals surface area contributed by atoms with E-state index in [-0.39, 0.29) is 17.5 Å². The van der Waals surface area contributed by atoms with Gasteiger partial charge in [0, 0.05) is 16.8 Å². The molecule has 0 unspecified atom stereocenters. The van der Waals surface area contributed by atoms with Crippen LogP contribution < -0.4 is 5.32 Å². The molecule has 0 aliphatic rings. The molecule has 1 amide bonds. The second kappa shape index (κ2) is 6.37. The number of carbonyl (C=O) groups excluding carboxylic acids is 1. The van der Waals surface area contributed by atoms with Gasteiger partial charge in [0.15, 0.2) is 5.58 Å². The molecule has 3 rings (SSSR count). The van der Waals surface area contributed by atoms with E-state index in [1.165, 1.54) is 36.0 Å². The van der Waals surface area contributed by atoms with Crippen molar-refractivity contribution < 1.29 is 13.6 Å². The van der Waals surface area contributed by atoms with Crippen molar-refractivity contribution in [1.82, 2.24) is 4.98 Å². The first-order chi connectivity index (χ1) is 10.6. The molecule has 0 atom stereocenters. The summed E-state index contributed by atoms with van der Waals surface area (Å²) < 4.78 is 18.3. The lowest BCUT2D eigenvalue weighted by Crippen LogP contribution is -2.13. The molecule has 4 nitrogen and oxygen atoms in total. The Morgan fingerprint density at radius 1 is 1.27 bits per heavy atom. The lowest BCUT2D eigenvalue weighted by molar-refractivity contribution is -0.113. The largest absolute Gasteiger partial charge is 0.431 e. The van der Waals surface area contributed by atoms with E-state index < -0.39 is 0 Å². The maximum Gasteiger partial charge on any atom is 0.257 e. The molecule has 1 heterocycles. The van der Waals surface area contributed by atoms with Crippen molar-refractivity contribution in [3.63, 3.8) is 0 Å². The van der Waals surface area contributed by atoms with Crippen LogP contribution in [0.15, 0.2) is 52.1 Å². The highest BCUT2D eigenvalue weighted by atomic mass is 35.5. The van der Waals surface area contributed by atoms with E-state index in [4.69, 9.17) is 16.0 Å². The third-order valence-electron chi connectivity index (χ3n) is 2.79. The van der Waals surface area contributed by atoms with E-state index in [1.54, 1.807) is 18.2 Å². The van der Waals surface area contributed by atoms with Crippen molar-refractivity contribution in [3.8, 4) is 0 Å². The van der Waals surface area contributed by atoms with Crippen LogP contribution in [0.3, 0.4) is 0 Å². The predicted octanol–water partition coefficient (Wildman–Crippen LogP) is 4.35. The number of hydrogen-bond acceptors (Lipinski definition) is 4. The molecule has 0 saturated heterocycles. The van der Waals surface area contributed by atoms with Gasteiger partial charge in [0.1, 0.15) is 11.3 Å². The van der Waals surface area contributed by atoms with E-state index in [1.807, 2.05) is 0 Å². The van der Waals surface area contributed by atoms with Gasteiger partial charge in [-0.3, -0.25) is 4.79 Å². The van der Waals surface area contributed by atoms with Gasteiger partial charge in [0.05, 0.1) is 5.75 Å². The molecule has 0 fully saturated rings. The molecular weight excluding hydrogens is 327 g/mol. The fourth-order valence-electron chi connectivity index (χ4n) is 1.80. The van der Waals surface area contributed by atoms with Gasteiger partial charge in [-0.15, -0.1) is 0 Å². The van der Waals surface area contributed by atoms with Crippen LogP contribution in [0.5, 0.6) is 0 Å². The van der Waals surface area contributed by atoms with Gasteiger partial charge in [0.2, 0.25) is 5.91 Å². The fourth-order valence-corrected chi connectivity index (χ4v) is 2.60. The molecule has 0 aliphatic carbocycles. The van der Waals surface area contributed by atoms with Crippen molar-refractivity contribution in [2.75, 3.05) is 11.1 Å². The van der Waals surface area contributed by atoms with Crippen molar-refractivity contribution in [3.05, 3.63) is 53.3 Å². The normalized spacial score (nSPS) is 10.8. The highest BCUT2D eigenvalue weighted by Crippen LogP contribution is 2.25. The number of amides is 1. The van der Waals surface area contributed by atoms with E-state index in [9.17, 15) is 9.18 Å². The summed E-state index contributed by atoms with van der Waals surface area (Å²) in [5.74, 6) is -0.438. The molecule has 1 aromatic heterocycles. The Bertz CT molecular complexity index is 820. The number of thioether (sulfide) groups is 1. The summed E-state index contributed by atoms with van der Waals surface area (Å²) in [5.41, 5.74) is 1.80. The minimum atomic E-state index is -0.350. The maximum atomic E-state index is 12.8. The van der Waals surface area contributed by atoms with Crippen LogP contribution >= 0.6 is 23.4 Å². The fraction of sp³-hybridized carbons (Fsp3) is 0.0667. The van der Waals surface area contributed by atoms with Crippen LogP contribution in [0.1, 0.15) is 0 Å². The Kier molecular flexibility index (Phi) is 4.31. The zero-order valence-corrected chi connectivity index (χ0v) is 12.7. The second-order valence-corrected chi connectivity index (χ2v) is 5.80. The summed E-state index contributed by atoms with van der Waals surface area (Å²) in [5, 5.41) is 3.62. The number of rotatable bonds is 4. The molecule has 0 aliphatic heterocycles. The van der Waals surface area contributed by atoms with Crippen LogP contribution in [-0.2, 0) is 4.79 Å². The number of halogens is 2. The Morgan fingerprint density at radius 2 is 2.05 bits per heavy atom. The predicted molar refractivity (Wildman–Crippen MR) is 84.8 cm³/mol. The lowest BCUT2D eigenvalue weighted by Gasteiger charge is -2.03. The number of oxazole rings is 1. The average molecular weight is 337 g/mol. The highest BCUT2D eigenvalue weighted by molar-refractivity contribution is 7.99. The standard InChI is InChI=1S/C15H10ClFN2O2S/c16-9-1-6-12-13(7-9)21-15(19-12)22-8-14(20)18-11-4-2-10(17)3-5-11/h1-7H,8H2,(H,18,20). The third-order valence-corrected chi connectivity index (χ3v) is 3.85. The minimum absolute atomic E-state index is 0.137. The maximum absolute atomic E-state index is 12.8. The zero-order valence-electron chi connectivity index (χ0n) is 11.2.